The number of hydrogen-bond acceptors (Lipinski definition) is 4. The first kappa shape index (κ1) is 14.9. The van der Waals surface area contributed by atoms with Crippen LogP contribution in [-0.2, 0) is 0 Å². The molecule has 0 bridgehead atoms. The van der Waals surface area contributed by atoms with Crippen LogP contribution in [0.1, 0.15) is 0 Å². The Morgan fingerprint density at radius 1 is 1.24 bits per heavy atom. The minimum Gasteiger partial charge on any atom is -0.493 e. The number of amides is 2. The summed E-state index contributed by atoms with van der Waals surface area (Å²) in [6, 6.07) is 9.97. The van der Waals surface area contributed by atoms with Crippen molar-refractivity contribution >= 4 is 23.4 Å². The summed E-state index contributed by atoms with van der Waals surface area (Å²) in [4.78, 5) is 15.6. The van der Waals surface area contributed by atoms with Gasteiger partial charge in [0.05, 0.1) is 12.1 Å². The molecule has 2 amide bonds. The Bertz CT molecular complexity index is 605. The van der Waals surface area contributed by atoms with Gasteiger partial charge in [-0.15, -0.1) is 0 Å². The highest BCUT2D eigenvalue weighted by atomic mass is 35.5. The van der Waals surface area contributed by atoms with Gasteiger partial charge in [0.25, 0.3) is 0 Å². The summed E-state index contributed by atoms with van der Waals surface area (Å²) in [5, 5.41) is 5.60. The van der Waals surface area contributed by atoms with Gasteiger partial charge >= 0.3 is 6.03 Å². The molecule has 110 valence electrons. The SMILES string of the molecule is COc1ccccc1OCNC(=O)Nc1ccc(Cl)cn1. The van der Waals surface area contributed by atoms with E-state index in [1.165, 1.54) is 6.20 Å². The number of aromatic nitrogens is 1. The van der Waals surface area contributed by atoms with Gasteiger partial charge in [-0.2, -0.15) is 0 Å². The molecule has 0 aliphatic rings. The van der Waals surface area contributed by atoms with Crippen molar-refractivity contribution in [1.82, 2.24) is 10.3 Å². The van der Waals surface area contributed by atoms with Crippen LogP contribution in [0.3, 0.4) is 0 Å². The molecule has 0 radical (unpaired) electrons. The number of anilines is 1. The number of rotatable bonds is 5. The van der Waals surface area contributed by atoms with Gasteiger partial charge in [0.1, 0.15) is 5.82 Å². The molecular weight excluding hydrogens is 294 g/mol. The number of methoxy groups -OCH3 is 1. The van der Waals surface area contributed by atoms with E-state index in [1.54, 1.807) is 31.4 Å². The van der Waals surface area contributed by atoms with Crippen LogP contribution in [0.2, 0.25) is 5.02 Å². The molecule has 6 nitrogen and oxygen atoms in total. The molecule has 1 aromatic heterocycles. The van der Waals surface area contributed by atoms with Gasteiger partial charge in [0, 0.05) is 6.20 Å². The van der Waals surface area contributed by atoms with Gasteiger partial charge in [-0.1, -0.05) is 23.7 Å². The summed E-state index contributed by atoms with van der Waals surface area (Å²) < 4.78 is 10.6. The Morgan fingerprint density at radius 3 is 2.67 bits per heavy atom. The van der Waals surface area contributed by atoms with Crippen molar-refractivity contribution in [3.8, 4) is 11.5 Å². The molecule has 0 aliphatic heterocycles. The zero-order valence-electron chi connectivity index (χ0n) is 11.3. The van der Waals surface area contributed by atoms with Crippen LogP contribution in [0.4, 0.5) is 10.6 Å². The largest absolute Gasteiger partial charge is 0.493 e. The van der Waals surface area contributed by atoms with Gasteiger partial charge in [-0.05, 0) is 24.3 Å². The van der Waals surface area contributed by atoms with Crippen molar-refractivity contribution in [3.63, 3.8) is 0 Å². The molecule has 0 aliphatic carbocycles. The average molecular weight is 308 g/mol. The van der Waals surface area contributed by atoms with E-state index in [1.807, 2.05) is 12.1 Å². The Kier molecular flexibility index (Phi) is 5.22. The van der Waals surface area contributed by atoms with E-state index in [-0.39, 0.29) is 6.73 Å². The fraction of sp³-hybridized carbons (Fsp3) is 0.143. The fourth-order valence-electron chi connectivity index (χ4n) is 1.53. The lowest BCUT2D eigenvalue weighted by molar-refractivity contribution is 0.231. The number of nitrogens with one attached hydrogen (secondary N) is 2. The zero-order chi connectivity index (χ0) is 15.1. The number of benzene rings is 1. The maximum absolute atomic E-state index is 11.6. The maximum Gasteiger partial charge on any atom is 0.323 e. The van der Waals surface area contributed by atoms with E-state index in [9.17, 15) is 4.79 Å². The Hall–Kier alpha value is -2.47. The Labute approximate surface area is 127 Å². The number of carbonyl (C=O) groups is 1. The Morgan fingerprint density at radius 2 is 2.00 bits per heavy atom. The second kappa shape index (κ2) is 7.35. The van der Waals surface area contributed by atoms with E-state index < -0.39 is 6.03 Å². The zero-order valence-corrected chi connectivity index (χ0v) is 12.1. The number of hydrogen-bond donors (Lipinski definition) is 2. The third kappa shape index (κ3) is 4.54. The van der Waals surface area contributed by atoms with Gasteiger partial charge in [-0.25, -0.2) is 9.78 Å². The van der Waals surface area contributed by atoms with Crippen LogP contribution in [0.25, 0.3) is 0 Å². The lowest BCUT2D eigenvalue weighted by Gasteiger charge is -2.11. The second-order valence-corrected chi connectivity index (χ2v) is 4.37. The fourth-order valence-corrected chi connectivity index (χ4v) is 1.64. The van der Waals surface area contributed by atoms with Gasteiger partial charge in [0.2, 0.25) is 0 Å². The number of carbonyl (C=O) groups excluding carboxylic acids is 1. The van der Waals surface area contributed by atoms with E-state index in [4.69, 9.17) is 21.1 Å². The number of pyridine rings is 1. The lowest BCUT2D eigenvalue weighted by atomic mass is 10.3. The summed E-state index contributed by atoms with van der Waals surface area (Å²) in [5.41, 5.74) is 0. The molecule has 0 atom stereocenters. The van der Waals surface area contributed by atoms with Crippen molar-refractivity contribution in [1.29, 1.82) is 0 Å². The van der Waals surface area contributed by atoms with Crippen molar-refractivity contribution in [2.45, 2.75) is 0 Å². The Balaban J connectivity index is 1.80. The first-order valence-electron chi connectivity index (χ1n) is 6.11. The molecule has 1 heterocycles. The lowest BCUT2D eigenvalue weighted by Crippen LogP contribution is -2.32. The van der Waals surface area contributed by atoms with Crippen molar-refractivity contribution in [2.75, 3.05) is 19.2 Å². The minimum atomic E-state index is -0.431. The van der Waals surface area contributed by atoms with Gasteiger partial charge in [0.15, 0.2) is 18.2 Å². The number of halogens is 1. The van der Waals surface area contributed by atoms with Crippen LogP contribution in [-0.4, -0.2) is 24.9 Å². The van der Waals surface area contributed by atoms with E-state index >= 15 is 0 Å². The molecule has 0 unspecified atom stereocenters. The summed E-state index contributed by atoms with van der Waals surface area (Å²) >= 11 is 5.71. The third-order valence-corrected chi connectivity index (χ3v) is 2.72. The molecule has 0 saturated heterocycles. The van der Waals surface area contributed by atoms with Crippen molar-refractivity contribution in [2.24, 2.45) is 0 Å². The van der Waals surface area contributed by atoms with E-state index in [0.29, 0.717) is 22.3 Å². The van der Waals surface area contributed by atoms with Crippen LogP contribution in [0, 0.1) is 0 Å². The van der Waals surface area contributed by atoms with Crippen LogP contribution in [0.15, 0.2) is 42.6 Å². The molecule has 2 N–H and O–H groups in total. The monoisotopic (exact) mass is 307 g/mol. The highest BCUT2D eigenvalue weighted by Gasteiger charge is 2.05. The van der Waals surface area contributed by atoms with Gasteiger partial charge in [-0.3, -0.25) is 5.32 Å². The third-order valence-electron chi connectivity index (χ3n) is 2.50. The predicted molar refractivity (Wildman–Crippen MR) is 79.9 cm³/mol. The van der Waals surface area contributed by atoms with Crippen molar-refractivity contribution in [3.05, 3.63) is 47.6 Å². The molecule has 0 spiro atoms. The standard InChI is InChI=1S/C14H14ClN3O3/c1-20-11-4-2-3-5-12(11)21-9-17-14(19)18-13-7-6-10(15)8-16-13/h2-8H,9H2,1H3,(H2,16,17,18,19). The number of urea groups is 1. The normalized spacial score (nSPS) is 9.81. The first-order valence-corrected chi connectivity index (χ1v) is 6.49. The van der Waals surface area contributed by atoms with Crippen molar-refractivity contribution < 1.29 is 14.3 Å². The first-order chi connectivity index (χ1) is 10.2. The topological polar surface area (TPSA) is 72.5 Å². The molecule has 1 aromatic carbocycles. The van der Waals surface area contributed by atoms with Gasteiger partial charge < -0.3 is 14.8 Å². The second-order valence-electron chi connectivity index (χ2n) is 3.93. The molecule has 0 fully saturated rings. The summed E-state index contributed by atoms with van der Waals surface area (Å²) in [6.07, 6.45) is 1.45. The quantitative estimate of drug-likeness (QED) is 0.833. The highest BCUT2D eigenvalue weighted by Crippen LogP contribution is 2.25. The summed E-state index contributed by atoms with van der Waals surface area (Å²) in [5.74, 6) is 1.54. The molecule has 0 saturated carbocycles. The van der Waals surface area contributed by atoms with Crippen LogP contribution < -0.4 is 20.1 Å². The molecule has 2 rings (SSSR count). The van der Waals surface area contributed by atoms with E-state index in [2.05, 4.69) is 15.6 Å². The molecular formula is C14H14ClN3O3. The highest BCUT2D eigenvalue weighted by molar-refractivity contribution is 6.30. The van der Waals surface area contributed by atoms with Crippen LogP contribution in [0.5, 0.6) is 11.5 Å². The molecule has 2 aromatic rings. The summed E-state index contributed by atoms with van der Waals surface area (Å²) in [7, 11) is 1.55. The number of nitrogens with zero attached hydrogens (tertiary/aromatic N) is 1. The maximum atomic E-state index is 11.6. The molecule has 7 heteroatoms. The molecule has 21 heavy (non-hydrogen) atoms. The summed E-state index contributed by atoms with van der Waals surface area (Å²) in [6.45, 7) is -0.000202. The predicted octanol–water partition coefficient (Wildman–Crippen LogP) is 2.90. The average Bonchev–Trinajstić information content (AvgIpc) is 2.50. The minimum absolute atomic E-state index is 0.000202. The van der Waals surface area contributed by atoms with Crippen LogP contribution >= 0.6 is 11.6 Å². The number of ether oxygens (including phenoxy) is 2. The smallest absolute Gasteiger partial charge is 0.323 e. The number of para-hydroxylation sites is 2. The van der Waals surface area contributed by atoms with E-state index in [0.717, 1.165) is 0 Å².